The molecule has 0 radical (unpaired) electrons. The van der Waals surface area contributed by atoms with Gasteiger partial charge in [0.2, 0.25) is 0 Å². The van der Waals surface area contributed by atoms with Crippen LogP contribution in [0, 0.1) is 5.82 Å². The zero-order valence-corrected chi connectivity index (χ0v) is 8.60. The van der Waals surface area contributed by atoms with E-state index in [0.717, 1.165) is 6.42 Å². The molecule has 1 fully saturated rings. The molecule has 1 aromatic rings. The zero-order chi connectivity index (χ0) is 11.5. The third-order valence-electron chi connectivity index (χ3n) is 2.53. The van der Waals surface area contributed by atoms with Crippen molar-refractivity contribution in [3.8, 4) is 5.75 Å². The number of halogens is 1. The molecule has 1 aliphatic rings. The van der Waals surface area contributed by atoms with Gasteiger partial charge in [0.1, 0.15) is 17.6 Å². The second-order valence-corrected chi connectivity index (χ2v) is 3.68. The number of hydroxylamine groups is 2. The van der Waals surface area contributed by atoms with Gasteiger partial charge >= 0.3 is 5.97 Å². The molecule has 5 heteroatoms. The lowest BCUT2D eigenvalue weighted by atomic mass is 10.2. The van der Waals surface area contributed by atoms with E-state index in [2.05, 4.69) is 0 Å². The monoisotopic (exact) mass is 225 g/mol. The van der Waals surface area contributed by atoms with Crippen LogP contribution in [0.3, 0.4) is 0 Å². The molecule has 1 heterocycles. The fourth-order valence-corrected chi connectivity index (χ4v) is 1.73. The van der Waals surface area contributed by atoms with Gasteiger partial charge < -0.3 is 9.94 Å². The number of hydrogen-bond donors (Lipinski definition) is 1. The number of benzene rings is 1. The summed E-state index contributed by atoms with van der Waals surface area (Å²) in [6.45, 7) is 0.578. The third kappa shape index (κ3) is 2.30. The normalized spacial score (nSPS) is 20.9. The number of nitrogens with zero attached hydrogens (tertiary/aromatic N) is 1. The smallest absolute Gasteiger partial charge is 0.324 e. The number of carboxylic acid groups (broad SMARTS) is 1. The summed E-state index contributed by atoms with van der Waals surface area (Å²) in [4.78, 5) is 16.3. The number of hydrogen-bond acceptors (Lipinski definition) is 3. The summed E-state index contributed by atoms with van der Waals surface area (Å²) in [5.41, 5.74) is 0. The largest absolute Gasteiger partial charge is 0.480 e. The molecule has 1 aliphatic heterocycles. The highest BCUT2D eigenvalue weighted by molar-refractivity contribution is 5.73. The van der Waals surface area contributed by atoms with Crippen molar-refractivity contribution in [2.75, 3.05) is 6.54 Å². The Morgan fingerprint density at radius 2 is 2.12 bits per heavy atom. The van der Waals surface area contributed by atoms with E-state index in [0.29, 0.717) is 18.7 Å². The quantitative estimate of drug-likeness (QED) is 0.850. The van der Waals surface area contributed by atoms with Gasteiger partial charge in [0.05, 0.1) is 0 Å². The van der Waals surface area contributed by atoms with Crippen molar-refractivity contribution < 1.29 is 19.1 Å². The maximum absolute atomic E-state index is 12.6. The lowest BCUT2D eigenvalue weighted by Gasteiger charge is -2.21. The lowest BCUT2D eigenvalue weighted by molar-refractivity contribution is -0.154. The molecule has 2 rings (SSSR count). The van der Waals surface area contributed by atoms with Crippen LogP contribution in [0.1, 0.15) is 12.8 Å². The molecule has 86 valence electrons. The van der Waals surface area contributed by atoms with Crippen LogP contribution >= 0.6 is 0 Å². The van der Waals surface area contributed by atoms with Gasteiger partial charge in [-0.3, -0.25) is 4.79 Å². The summed E-state index contributed by atoms with van der Waals surface area (Å²) in [6.07, 6.45) is 1.37. The van der Waals surface area contributed by atoms with Crippen LogP contribution in [0.4, 0.5) is 4.39 Å². The van der Waals surface area contributed by atoms with Gasteiger partial charge in [0.25, 0.3) is 0 Å². The van der Waals surface area contributed by atoms with Gasteiger partial charge in [0, 0.05) is 6.54 Å². The second kappa shape index (κ2) is 4.49. The van der Waals surface area contributed by atoms with Gasteiger partial charge in [-0.15, -0.1) is 5.06 Å². The SMILES string of the molecule is O=C(O)[C@@H]1CCCN1Oc1ccc(F)cc1. The van der Waals surface area contributed by atoms with Crippen LogP contribution in [0.2, 0.25) is 0 Å². The summed E-state index contributed by atoms with van der Waals surface area (Å²) < 4.78 is 12.6. The Hall–Kier alpha value is -1.62. The molecule has 0 aromatic heterocycles. The van der Waals surface area contributed by atoms with Crippen molar-refractivity contribution in [1.29, 1.82) is 0 Å². The third-order valence-corrected chi connectivity index (χ3v) is 2.53. The Morgan fingerprint density at radius 1 is 1.44 bits per heavy atom. The molecule has 1 saturated heterocycles. The van der Waals surface area contributed by atoms with Crippen molar-refractivity contribution >= 4 is 5.97 Å². The molecule has 1 N–H and O–H groups in total. The van der Waals surface area contributed by atoms with E-state index in [1.165, 1.54) is 29.3 Å². The highest BCUT2D eigenvalue weighted by atomic mass is 19.1. The highest BCUT2D eigenvalue weighted by Gasteiger charge is 2.32. The zero-order valence-electron chi connectivity index (χ0n) is 8.60. The Morgan fingerprint density at radius 3 is 2.75 bits per heavy atom. The molecule has 16 heavy (non-hydrogen) atoms. The number of carbonyl (C=O) groups is 1. The maximum atomic E-state index is 12.6. The topological polar surface area (TPSA) is 49.8 Å². The van der Waals surface area contributed by atoms with E-state index in [4.69, 9.17) is 9.94 Å². The Bertz CT molecular complexity index is 379. The average Bonchev–Trinajstić information content (AvgIpc) is 2.69. The van der Waals surface area contributed by atoms with Crippen LogP contribution < -0.4 is 4.84 Å². The van der Waals surface area contributed by atoms with E-state index < -0.39 is 12.0 Å². The van der Waals surface area contributed by atoms with E-state index in [1.54, 1.807) is 0 Å². The molecular weight excluding hydrogens is 213 g/mol. The van der Waals surface area contributed by atoms with Crippen molar-refractivity contribution in [2.24, 2.45) is 0 Å². The van der Waals surface area contributed by atoms with E-state index >= 15 is 0 Å². The van der Waals surface area contributed by atoms with Crippen LogP contribution in [0.5, 0.6) is 5.75 Å². The summed E-state index contributed by atoms with van der Waals surface area (Å²) in [5.74, 6) is -0.780. The van der Waals surface area contributed by atoms with E-state index in [-0.39, 0.29) is 5.82 Å². The summed E-state index contributed by atoms with van der Waals surface area (Å²) in [6, 6.07) is 4.91. The standard InChI is InChI=1S/C11H12FNO3/c12-8-3-5-9(6-4-8)16-13-7-1-2-10(13)11(14)15/h3-6,10H,1-2,7H2,(H,14,15)/t10-/m0/s1. The summed E-state index contributed by atoms with van der Waals surface area (Å²) in [5, 5.41) is 10.4. The molecule has 0 amide bonds. The number of rotatable bonds is 3. The first-order valence-corrected chi connectivity index (χ1v) is 5.10. The Balaban J connectivity index is 2.03. The molecule has 0 unspecified atom stereocenters. The minimum atomic E-state index is -0.889. The molecule has 1 aromatic carbocycles. The van der Waals surface area contributed by atoms with Crippen molar-refractivity contribution in [3.63, 3.8) is 0 Å². The Labute approximate surface area is 92.2 Å². The summed E-state index contributed by atoms with van der Waals surface area (Å²) in [7, 11) is 0. The fraction of sp³-hybridized carbons (Fsp3) is 0.364. The van der Waals surface area contributed by atoms with E-state index in [1.807, 2.05) is 0 Å². The van der Waals surface area contributed by atoms with Crippen molar-refractivity contribution in [1.82, 2.24) is 5.06 Å². The first-order chi connectivity index (χ1) is 7.66. The number of aliphatic carboxylic acids is 1. The summed E-state index contributed by atoms with van der Waals surface area (Å²) >= 11 is 0. The first-order valence-electron chi connectivity index (χ1n) is 5.10. The number of carboxylic acids is 1. The van der Waals surface area contributed by atoms with Crippen molar-refractivity contribution in [2.45, 2.75) is 18.9 Å². The second-order valence-electron chi connectivity index (χ2n) is 3.68. The van der Waals surface area contributed by atoms with Gasteiger partial charge in [-0.25, -0.2) is 4.39 Å². The molecule has 0 spiro atoms. The first kappa shape index (κ1) is 10.9. The molecule has 0 saturated carbocycles. The predicted octanol–water partition coefficient (Wildman–Crippen LogP) is 1.67. The highest BCUT2D eigenvalue weighted by Crippen LogP contribution is 2.21. The average molecular weight is 225 g/mol. The Kier molecular flexibility index (Phi) is 3.05. The van der Waals surface area contributed by atoms with Crippen LogP contribution in [-0.4, -0.2) is 28.7 Å². The minimum Gasteiger partial charge on any atom is -0.480 e. The van der Waals surface area contributed by atoms with Crippen molar-refractivity contribution in [3.05, 3.63) is 30.1 Å². The molecule has 1 atom stereocenters. The van der Waals surface area contributed by atoms with Gasteiger partial charge in [-0.05, 0) is 37.1 Å². The maximum Gasteiger partial charge on any atom is 0.324 e. The van der Waals surface area contributed by atoms with Gasteiger partial charge in [-0.1, -0.05) is 0 Å². The minimum absolute atomic E-state index is 0.344. The van der Waals surface area contributed by atoms with E-state index in [9.17, 15) is 9.18 Å². The predicted molar refractivity (Wildman–Crippen MR) is 54.4 cm³/mol. The molecule has 0 aliphatic carbocycles. The van der Waals surface area contributed by atoms with Gasteiger partial charge in [-0.2, -0.15) is 0 Å². The fourth-order valence-electron chi connectivity index (χ4n) is 1.73. The molecule has 0 bridgehead atoms. The molecule has 4 nitrogen and oxygen atoms in total. The van der Waals surface area contributed by atoms with Crippen LogP contribution in [0.25, 0.3) is 0 Å². The van der Waals surface area contributed by atoms with Gasteiger partial charge in [0.15, 0.2) is 0 Å². The molecular formula is C11H12FNO3. The van der Waals surface area contributed by atoms with Crippen LogP contribution in [0.15, 0.2) is 24.3 Å². The van der Waals surface area contributed by atoms with Crippen LogP contribution in [-0.2, 0) is 4.79 Å². The lowest BCUT2D eigenvalue weighted by Crippen LogP contribution is -2.38.